The lowest BCUT2D eigenvalue weighted by molar-refractivity contribution is -0.193. The van der Waals surface area contributed by atoms with E-state index in [0.717, 1.165) is 38.7 Å². The summed E-state index contributed by atoms with van der Waals surface area (Å²) in [7, 11) is 0. The zero-order chi connectivity index (χ0) is 26.7. The molecule has 0 aromatic carbocycles. The van der Waals surface area contributed by atoms with Crippen molar-refractivity contribution in [2.24, 2.45) is 5.92 Å². The number of nitrogens with zero attached hydrogens (tertiary/aromatic N) is 4. The molecule has 17 heteroatoms. The maximum Gasteiger partial charge on any atom is 0.490 e. The number of carbonyl (C=O) groups is 3. The van der Waals surface area contributed by atoms with Gasteiger partial charge in [-0.2, -0.15) is 36.4 Å². The molecule has 0 aliphatic carbocycles. The van der Waals surface area contributed by atoms with Gasteiger partial charge in [-0.25, -0.2) is 14.7 Å². The lowest BCUT2D eigenvalue weighted by Crippen LogP contribution is -2.54. The summed E-state index contributed by atoms with van der Waals surface area (Å²) in [4.78, 5) is 38.4. The van der Waals surface area contributed by atoms with Gasteiger partial charge in [-0.15, -0.1) is 0 Å². The molecule has 2 heterocycles. The van der Waals surface area contributed by atoms with Gasteiger partial charge in [0.15, 0.2) is 0 Å². The predicted octanol–water partition coefficient (Wildman–Crippen LogP) is 1.35. The lowest BCUT2D eigenvalue weighted by Gasteiger charge is -2.37. The summed E-state index contributed by atoms with van der Waals surface area (Å²) < 4.78 is 63.5. The summed E-state index contributed by atoms with van der Waals surface area (Å²) in [5.41, 5.74) is 0. The van der Waals surface area contributed by atoms with E-state index in [9.17, 15) is 31.1 Å². The van der Waals surface area contributed by atoms with E-state index in [4.69, 9.17) is 19.8 Å². The number of halogens is 6. The molecule has 0 radical (unpaired) electrons. The number of aliphatic carboxylic acids is 2. The Hall–Kier alpha value is -3.11. The van der Waals surface area contributed by atoms with Gasteiger partial charge in [-0.3, -0.25) is 9.69 Å². The molecular formula is C17H26F6N6O5. The molecule has 1 aliphatic rings. The van der Waals surface area contributed by atoms with Gasteiger partial charge < -0.3 is 20.4 Å². The molecule has 2 rings (SSSR count). The maximum atomic E-state index is 12.1. The summed E-state index contributed by atoms with van der Waals surface area (Å²) in [6, 6.07) is -0.0781. The molecule has 34 heavy (non-hydrogen) atoms. The third-order valence-corrected chi connectivity index (χ3v) is 4.11. The highest BCUT2D eigenvalue weighted by molar-refractivity contribution is 5.81. The van der Waals surface area contributed by atoms with Crippen molar-refractivity contribution in [2.75, 3.05) is 37.6 Å². The van der Waals surface area contributed by atoms with Crippen molar-refractivity contribution < 1.29 is 50.9 Å². The number of carbonyl (C=O) groups excluding carboxylic acids is 1. The Kier molecular flexibility index (Phi) is 12.3. The highest BCUT2D eigenvalue weighted by atomic mass is 19.4. The number of amides is 1. The summed E-state index contributed by atoms with van der Waals surface area (Å²) in [6.45, 7) is 10.3. The Labute approximate surface area is 190 Å². The summed E-state index contributed by atoms with van der Waals surface area (Å²) in [5, 5.41) is 24.0. The first kappa shape index (κ1) is 30.9. The van der Waals surface area contributed by atoms with E-state index in [-0.39, 0.29) is 11.9 Å². The van der Waals surface area contributed by atoms with Crippen LogP contribution in [0.5, 0.6) is 0 Å². The summed E-state index contributed by atoms with van der Waals surface area (Å²) in [6.07, 6.45) is -8.65. The number of carboxylic acids is 2. The normalized spacial score (nSPS) is 15.4. The molecule has 1 fully saturated rings. The van der Waals surface area contributed by atoms with Crippen LogP contribution in [-0.4, -0.2) is 99.3 Å². The number of hydrogen-bond acceptors (Lipinski definition) is 7. The van der Waals surface area contributed by atoms with Crippen molar-refractivity contribution in [3.63, 3.8) is 0 Å². The number of rotatable bonds is 5. The minimum absolute atomic E-state index is 0.0781. The Morgan fingerprint density at radius 2 is 1.44 bits per heavy atom. The maximum absolute atomic E-state index is 12.1. The van der Waals surface area contributed by atoms with E-state index >= 15 is 0 Å². The molecule has 4 N–H and O–H groups in total. The predicted molar refractivity (Wildman–Crippen MR) is 105 cm³/mol. The van der Waals surface area contributed by atoms with Crippen molar-refractivity contribution in [1.82, 2.24) is 25.4 Å². The minimum atomic E-state index is -5.08. The number of carboxylic acid groups (broad SMARTS) is 2. The van der Waals surface area contributed by atoms with Gasteiger partial charge in [0.2, 0.25) is 11.9 Å². The van der Waals surface area contributed by atoms with Gasteiger partial charge in [0.25, 0.3) is 0 Å². The molecule has 0 bridgehead atoms. The fraction of sp³-hybridized carbons (Fsp3) is 0.706. The van der Waals surface area contributed by atoms with E-state index < -0.39 is 24.3 Å². The second-order valence-electron chi connectivity index (χ2n) is 7.25. The molecule has 1 atom stereocenters. The Morgan fingerprint density at radius 3 is 1.76 bits per heavy atom. The molecule has 1 amide bonds. The van der Waals surface area contributed by atoms with Crippen LogP contribution in [0.3, 0.4) is 0 Å². The number of hydrogen-bond donors (Lipinski definition) is 4. The molecule has 196 valence electrons. The van der Waals surface area contributed by atoms with Crippen molar-refractivity contribution in [2.45, 2.75) is 39.2 Å². The Morgan fingerprint density at radius 1 is 1.00 bits per heavy atom. The van der Waals surface area contributed by atoms with Crippen molar-refractivity contribution in [3.05, 3.63) is 6.33 Å². The Balaban J connectivity index is 0.000000642. The van der Waals surface area contributed by atoms with Crippen LogP contribution < -0.4 is 10.2 Å². The van der Waals surface area contributed by atoms with Crippen LogP contribution in [0.25, 0.3) is 0 Å². The number of H-pyrrole nitrogens is 1. The summed E-state index contributed by atoms with van der Waals surface area (Å²) in [5.74, 6) is -4.11. The van der Waals surface area contributed by atoms with Crippen LogP contribution in [0, 0.1) is 5.92 Å². The van der Waals surface area contributed by atoms with E-state index in [2.05, 4.69) is 44.1 Å². The standard InChI is InChI=1S/C13H24N6O.2C2HF3O2/c1-10(2)8-14-12(20)11(3)18-4-6-19(7-5-18)13-15-9-16-17-13;2*3-2(4,5)1(6)7/h9-11H,4-8H2,1-3H3,(H,14,20)(H,15,16,17);2*(H,6,7). The van der Waals surface area contributed by atoms with Crippen LogP contribution in [0.4, 0.5) is 32.3 Å². The first-order valence-electron chi connectivity index (χ1n) is 9.69. The molecule has 0 saturated carbocycles. The van der Waals surface area contributed by atoms with Crippen LogP contribution in [0.2, 0.25) is 0 Å². The van der Waals surface area contributed by atoms with Crippen LogP contribution in [0.1, 0.15) is 20.8 Å². The highest BCUT2D eigenvalue weighted by Crippen LogP contribution is 2.14. The number of aromatic nitrogens is 3. The largest absolute Gasteiger partial charge is 0.490 e. The van der Waals surface area contributed by atoms with Gasteiger partial charge in [-0.1, -0.05) is 13.8 Å². The van der Waals surface area contributed by atoms with Gasteiger partial charge >= 0.3 is 24.3 Å². The van der Waals surface area contributed by atoms with Crippen LogP contribution in [0.15, 0.2) is 6.33 Å². The average molecular weight is 508 g/mol. The number of anilines is 1. The number of alkyl halides is 6. The second kappa shape index (κ2) is 13.6. The van der Waals surface area contributed by atoms with Crippen LogP contribution in [-0.2, 0) is 14.4 Å². The monoisotopic (exact) mass is 508 g/mol. The van der Waals surface area contributed by atoms with Gasteiger partial charge in [0, 0.05) is 32.7 Å². The molecule has 1 aromatic rings. The highest BCUT2D eigenvalue weighted by Gasteiger charge is 2.38. The summed E-state index contributed by atoms with van der Waals surface area (Å²) >= 11 is 0. The number of aromatic amines is 1. The second-order valence-corrected chi connectivity index (χ2v) is 7.25. The van der Waals surface area contributed by atoms with Gasteiger partial charge in [-0.05, 0) is 12.8 Å². The minimum Gasteiger partial charge on any atom is -0.475 e. The third kappa shape index (κ3) is 12.2. The first-order valence-corrected chi connectivity index (χ1v) is 9.69. The van der Waals surface area contributed by atoms with Crippen LogP contribution >= 0.6 is 0 Å². The molecular weight excluding hydrogens is 482 g/mol. The molecule has 1 saturated heterocycles. The van der Waals surface area contributed by atoms with E-state index in [0.29, 0.717) is 5.92 Å². The zero-order valence-corrected chi connectivity index (χ0v) is 18.4. The van der Waals surface area contributed by atoms with Crippen molar-refractivity contribution in [1.29, 1.82) is 0 Å². The quantitative estimate of drug-likeness (QED) is 0.432. The zero-order valence-electron chi connectivity index (χ0n) is 18.4. The van der Waals surface area contributed by atoms with Gasteiger partial charge in [0.1, 0.15) is 6.33 Å². The lowest BCUT2D eigenvalue weighted by atomic mass is 10.2. The number of nitrogens with one attached hydrogen (secondary N) is 2. The fourth-order valence-electron chi connectivity index (χ4n) is 2.29. The molecule has 11 nitrogen and oxygen atoms in total. The van der Waals surface area contributed by atoms with E-state index in [1.807, 2.05) is 6.92 Å². The number of piperazine rings is 1. The average Bonchev–Trinajstić information content (AvgIpc) is 3.26. The topological polar surface area (TPSA) is 152 Å². The molecule has 1 unspecified atom stereocenters. The van der Waals surface area contributed by atoms with Gasteiger partial charge in [0.05, 0.1) is 6.04 Å². The molecule has 0 spiro atoms. The Bertz CT molecular complexity index is 740. The first-order chi connectivity index (χ1) is 15.5. The smallest absolute Gasteiger partial charge is 0.475 e. The molecule has 1 aromatic heterocycles. The van der Waals surface area contributed by atoms with Crippen molar-refractivity contribution >= 4 is 23.8 Å². The third-order valence-electron chi connectivity index (χ3n) is 4.11. The fourth-order valence-corrected chi connectivity index (χ4v) is 2.29. The van der Waals surface area contributed by atoms with E-state index in [1.54, 1.807) is 0 Å². The SMILES string of the molecule is CC(C)CNC(=O)C(C)N1CCN(c2ncn[nH]2)CC1.O=C(O)C(F)(F)F.O=C(O)C(F)(F)F. The molecule has 1 aliphatic heterocycles. The van der Waals surface area contributed by atoms with E-state index in [1.165, 1.54) is 6.33 Å². The van der Waals surface area contributed by atoms with Crippen molar-refractivity contribution in [3.8, 4) is 0 Å².